The molecular weight excluding hydrogens is 300 g/mol. The van der Waals surface area contributed by atoms with Gasteiger partial charge in [0.05, 0.1) is 11.3 Å². The summed E-state index contributed by atoms with van der Waals surface area (Å²) in [4.78, 5) is 10.2. The topological polar surface area (TPSA) is 64.2 Å². The lowest BCUT2D eigenvalue weighted by molar-refractivity contribution is 0.217. The largest absolute Gasteiger partial charge is 0.494 e. The Bertz CT molecular complexity index is 886. The minimum Gasteiger partial charge on any atom is -0.494 e. The third kappa shape index (κ3) is 2.20. The molecular formula is C19H20N4O. The van der Waals surface area contributed by atoms with E-state index in [2.05, 4.69) is 26.3 Å². The molecule has 3 N–H and O–H groups in total. The van der Waals surface area contributed by atoms with Crippen molar-refractivity contribution in [3.63, 3.8) is 0 Å². The van der Waals surface area contributed by atoms with Crippen molar-refractivity contribution in [1.82, 2.24) is 20.2 Å². The number of H-pyrrole nitrogens is 1. The first-order valence-electron chi connectivity index (χ1n) is 8.50. The second-order valence-electron chi connectivity index (χ2n) is 6.87. The van der Waals surface area contributed by atoms with Gasteiger partial charge in [0.15, 0.2) is 5.88 Å². The maximum Gasteiger partial charge on any atom is 0.199 e. The summed E-state index contributed by atoms with van der Waals surface area (Å²) in [7, 11) is 0. The van der Waals surface area contributed by atoms with E-state index < -0.39 is 0 Å². The second-order valence-corrected chi connectivity index (χ2v) is 6.87. The normalized spacial score (nSPS) is 23.3. The average molecular weight is 320 g/mol. The lowest BCUT2D eigenvalue weighted by Gasteiger charge is -2.27. The summed E-state index contributed by atoms with van der Waals surface area (Å²) in [5, 5.41) is 14.8. The minimum atomic E-state index is 0.180. The molecule has 3 aromatic rings. The molecule has 5 heteroatoms. The molecule has 0 spiro atoms. The van der Waals surface area contributed by atoms with Gasteiger partial charge < -0.3 is 15.4 Å². The molecule has 2 bridgehead atoms. The monoisotopic (exact) mass is 320 g/mol. The van der Waals surface area contributed by atoms with Gasteiger partial charge in [-0.05, 0) is 24.1 Å². The van der Waals surface area contributed by atoms with Crippen LogP contribution in [-0.2, 0) is 6.54 Å². The first-order chi connectivity index (χ1) is 11.8. The molecule has 2 aliphatic heterocycles. The molecule has 0 amide bonds. The van der Waals surface area contributed by atoms with Crippen LogP contribution in [-0.4, -0.2) is 45.1 Å². The van der Waals surface area contributed by atoms with Gasteiger partial charge >= 0.3 is 0 Å². The number of likely N-dealkylation sites (tertiary alicyclic amines) is 1. The van der Waals surface area contributed by atoms with Crippen LogP contribution < -0.4 is 5.32 Å². The summed E-state index contributed by atoms with van der Waals surface area (Å²) in [5.74, 6) is 0.180. The van der Waals surface area contributed by atoms with Crippen LogP contribution in [0.3, 0.4) is 0 Å². The van der Waals surface area contributed by atoms with Gasteiger partial charge in [0, 0.05) is 48.8 Å². The van der Waals surface area contributed by atoms with Gasteiger partial charge in [-0.3, -0.25) is 9.88 Å². The summed E-state index contributed by atoms with van der Waals surface area (Å²) in [6.45, 7) is 3.20. The third-order valence-corrected chi connectivity index (χ3v) is 5.32. The molecule has 5 nitrogen and oxygen atoms in total. The van der Waals surface area contributed by atoms with E-state index in [9.17, 15) is 5.11 Å². The predicted molar refractivity (Wildman–Crippen MR) is 93.8 cm³/mol. The first-order valence-corrected chi connectivity index (χ1v) is 8.50. The van der Waals surface area contributed by atoms with Crippen molar-refractivity contribution in [2.45, 2.75) is 25.0 Å². The molecule has 0 saturated carbocycles. The summed E-state index contributed by atoms with van der Waals surface area (Å²) in [6, 6.07) is 13.4. The quantitative estimate of drug-likeness (QED) is 0.694. The molecule has 1 aromatic carbocycles. The third-order valence-electron chi connectivity index (χ3n) is 5.32. The Morgan fingerprint density at radius 1 is 1.21 bits per heavy atom. The number of pyridine rings is 1. The molecule has 2 atom stereocenters. The van der Waals surface area contributed by atoms with Crippen LogP contribution in [0.4, 0.5) is 0 Å². The lowest BCUT2D eigenvalue weighted by Crippen LogP contribution is -2.42. The number of aromatic hydroxyl groups is 1. The number of hydrogen-bond acceptors (Lipinski definition) is 4. The Balaban J connectivity index is 1.42. The maximum atomic E-state index is 10.2. The van der Waals surface area contributed by atoms with Crippen molar-refractivity contribution in [2.75, 3.05) is 13.1 Å². The molecule has 122 valence electrons. The number of fused-ring (bicyclic) bond motifs is 3. The van der Waals surface area contributed by atoms with Crippen molar-refractivity contribution < 1.29 is 5.11 Å². The Labute approximate surface area is 140 Å². The number of piperazine rings is 1. The Kier molecular flexibility index (Phi) is 3.11. The summed E-state index contributed by atoms with van der Waals surface area (Å²) < 4.78 is 0. The zero-order chi connectivity index (χ0) is 16.1. The lowest BCUT2D eigenvalue weighted by atomic mass is 10.1. The second kappa shape index (κ2) is 5.33. The van der Waals surface area contributed by atoms with Gasteiger partial charge in [-0.15, -0.1) is 0 Å². The van der Waals surface area contributed by atoms with E-state index >= 15 is 0 Å². The fraction of sp³-hybridized carbons (Fsp3) is 0.316. The molecule has 2 unspecified atom stereocenters. The first kappa shape index (κ1) is 14.0. The summed E-state index contributed by atoms with van der Waals surface area (Å²) in [6.07, 6.45) is 3.21. The molecule has 4 heterocycles. The van der Waals surface area contributed by atoms with Gasteiger partial charge in [0.1, 0.15) is 0 Å². The number of nitrogens with zero attached hydrogens (tertiary/aromatic N) is 2. The van der Waals surface area contributed by atoms with Gasteiger partial charge in [-0.25, -0.2) is 0 Å². The molecule has 2 aromatic heterocycles. The molecule has 0 aliphatic carbocycles. The number of aromatic nitrogens is 2. The van der Waals surface area contributed by atoms with E-state index in [0.29, 0.717) is 12.1 Å². The van der Waals surface area contributed by atoms with Crippen LogP contribution >= 0.6 is 0 Å². The van der Waals surface area contributed by atoms with Crippen LogP contribution in [0.2, 0.25) is 0 Å². The molecule has 2 fully saturated rings. The van der Waals surface area contributed by atoms with Crippen LogP contribution in [0.25, 0.3) is 22.2 Å². The molecule has 2 saturated heterocycles. The van der Waals surface area contributed by atoms with E-state index in [-0.39, 0.29) is 5.88 Å². The predicted octanol–water partition coefficient (Wildman–Crippen LogP) is 2.48. The van der Waals surface area contributed by atoms with Crippen LogP contribution in [0.1, 0.15) is 12.0 Å². The fourth-order valence-corrected chi connectivity index (χ4v) is 4.13. The number of benzene rings is 1. The SMILES string of the molecule is Oc1[nH]c2ccccc2c1-c1ccc(CN2CC3CC2CN3)cn1. The van der Waals surface area contributed by atoms with Gasteiger partial charge in [-0.1, -0.05) is 24.3 Å². The molecule has 0 radical (unpaired) electrons. The van der Waals surface area contributed by atoms with E-state index in [1.54, 1.807) is 0 Å². The Morgan fingerprint density at radius 2 is 2.12 bits per heavy atom. The number of nitrogens with one attached hydrogen (secondary N) is 2. The van der Waals surface area contributed by atoms with Crippen molar-refractivity contribution in [1.29, 1.82) is 0 Å². The van der Waals surface area contributed by atoms with E-state index in [4.69, 9.17) is 0 Å². The highest BCUT2D eigenvalue weighted by molar-refractivity contribution is 5.97. The number of aromatic amines is 1. The minimum absolute atomic E-state index is 0.180. The molecule has 2 aliphatic rings. The van der Waals surface area contributed by atoms with Gasteiger partial charge in [-0.2, -0.15) is 0 Å². The van der Waals surface area contributed by atoms with E-state index in [1.165, 1.54) is 12.0 Å². The number of rotatable bonds is 3. The zero-order valence-electron chi connectivity index (χ0n) is 13.4. The number of hydrogen-bond donors (Lipinski definition) is 3. The Hall–Kier alpha value is -2.37. The maximum absolute atomic E-state index is 10.2. The van der Waals surface area contributed by atoms with Crippen molar-refractivity contribution >= 4 is 10.9 Å². The fourth-order valence-electron chi connectivity index (χ4n) is 4.13. The van der Waals surface area contributed by atoms with Gasteiger partial charge in [0.2, 0.25) is 0 Å². The van der Waals surface area contributed by atoms with Crippen LogP contribution in [0.5, 0.6) is 5.88 Å². The standard InChI is InChI=1S/C19H20N4O/c24-19-18(15-3-1-2-4-16(15)22-19)17-6-5-12(8-21-17)10-23-11-13-7-14(23)9-20-13/h1-6,8,13-14,20,22,24H,7,9-11H2. The zero-order valence-corrected chi connectivity index (χ0v) is 13.4. The van der Waals surface area contributed by atoms with Crippen LogP contribution in [0.15, 0.2) is 42.6 Å². The summed E-state index contributed by atoms with van der Waals surface area (Å²) in [5.41, 5.74) is 3.74. The van der Waals surface area contributed by atoms with Crippen molar-refractivity contribution in [3.8, 4) is 17.1 Å². The molecule has 24 heavy (non-hydrogen) atoms. The number of para-hydroxylation sites is 1. The Morgan fingerprint density at radius 3 is 2.88 bits per heavy atom. The molecule has 5 rings (SSSR count). The van der Waals surface area contributed by atoms with Crippen LogP contribution in [0, 0.1) is 0 Å². The average Bonchev–Trinajstić information content (AvgIpc) is 3.29. The smallest absolute Gasteiger partial charge is 0.199 e. The highest BCUT2D eigenvalue weighted by Gasteiger charge is 2.37. The summed E-state index contributed by atoms with van der Waals surface area (Å²) >= 11 is 0. The highest BCUT2D eigenvalue weighted by atomic mass is 16.3. The van der Waals surface area contributed by atoms with Gasteiger partial charge in [0.25, 0.3) is 0 Å². The van der Waals surface area contributed by atoms with E-state index in [0.717, 1.165) is 41.8 Å². The highest BCUT2D eigenvalue weighted by Crippen LogP contribution is 2.35. The van der Waals surface area contributed by atoms with E-state index in [1.807, 2.05) is 36.5 Å². The van der Waals surface area contributed by atoms with Crippen molar-refractivity contribution in [3.05, 3.63) is 48.2 Å². The van der Waals surface area contributed by atoms with Crippen molar-refractivity contribution in [2.24, 2.45) is 0 Å².